The number of fused-ring (bicyclic) bond motifs is 1. The minimum atomic E-state index is 0.887. The van der Waals surface area contributed by atoms with Gasteiger partial charge in [0, 0.05) is 12.1 Å². The molecular formula is C11H18N2. The SMILES string of the molecule is CCc1nc2c([nH]1)CC(CC)CC2. The molecule has 2 heteroatoms. The van der Waals surface area contributed by atoms with Crippen LogP contribution in [0.3, 0.4) is 0 Å². The number of aromatic amines is 1. The van der Waals surface area contributed by atoms with Crippen molar-refractivity contribution in [2.75, 3.05) is 0 Å². The molecule has 0 aromatic carbocycles. The summed E-state index contributed by atoms with van der Waals surface area (Å²) in [6.45, 7) is 4.44. The number of hydrogen-bond donors (Lipinski definition) is 1. The smallest absolute Gasteiger partial charge is 0.106 e. The highest BCUT2D eigenvalue weighted by Crippen LogP contribution is 2.25. The van der Waals surface area contributed by atoms with Crippen LogP contribution in [0.25, 0.3) is 0 Å². The predicted molar refractivity (Wildman–Crippen MR) is 53.8 cm³/mol. The zero-order chi connectivity index (χ0) is 9.26. The van der Waals surface area contributed by atoms with Gasteiger partial charge in [-0.15, -0.1) is 0 Å². The third-order valence-electron chi connectivity index (χ3n) is 3.11. The number of nitrogens with zero attached hydrogens (tertiary/aromatic N) is 1. The molecule has 0 radical (unpaired) electrons. The van der Waals surface area contributed by atoms with Crippen LogP contribution >= 0.6 is 0 Å². The molecule has 1 heterocycles. The van der Waals surface area contributed by atoms with E-state index in [1.165, 1.54) is 42.9 Å². The van der Waals surface area contributed by atoms with Crippen LogP contribution in [-0.4, -0.2) is 9.97 Å². The van der Waals surface area contributed by atoms with Gasteiger partial charge in [0.2, 0.25) is 0 Å². The van der Waals surface area contributed by atoms with E-state index in [2.05, 4.69) is 23.8 Å². The van der Waals surface area contributed by atoms with Crippen molar-refractivity contribution >= 4 is 0 Å². The van der Waals surface area contributed by atoms with E-state index >= 15 is 0 Å². The first-order chi connectivity index (χ1) is 6.33. The van der Waals surface area contributed by atoms with Crippen LogP contribution in [0, 0.1) is 5.92 Å². The lowest BCUT2D eigenvalue weighted by Gasteiger charge is -2.19. The van der Waals surface area contributed by atoms with Crippen LogP contribution in [0.4, 0.5) is 0 Å². The van der Waals surface area contributed by atoms with Gasteiger partial charge in [-0.3, -0.25) is 0 Å². The van der Waals surface area contributed by atoms with Crippen molar-refractivity contribution < 1.29 is 0 Å². The fourth-order valence-corrected chi connectivity index (χ4v) is 2.13. The molecule has 1 aromatic heterocycles. The average molecular weight is 178 g/mol. The molecule has 1 atom stereocenters. The van der Waals surface area contributed by atoms with E-state index in [0.717, 1.165) is 12.3 Å². The van der Waals surface area contributed by atoms with E-state index in [4.69, 9.17) is 0 Å². The van der Waals surface area contributed by atoms with E-state index in [0.29, 0.717) is 0 Å². The van der Waals surface area contributed by atoms with Gasteiger partial charge in [0.15, 0.2) is 0 Å². The first-order valence-corrected chi connectivity index (χ1v) is 5.40. The molecule has 0 spiro atoms. The summed E-state index contributed by atoms with van der Waals surface area (Å²) in [5.74, 6) is 2.06. The summed E-state index contributed by atoms with van der Waals surface area (Å²) >= 11 is 0. The number of H-pyrrole nitrogens is 1. The minimum Gasteiger partial charge on any atom is -0.346 e. The molecular weight excluding hydrogens is 160 g/mol. The number of nitrogens with one attached hydrogen (secondary N) is 1. The van der Waals surface area contributed by atoms with Crippen molar-refractivity contribution in [3.63, 3.8) is 0 Å². The van der Waals surface area contributed by atoms with Crippen LogP contribution < -0.4 is 0 Å². The molecule has 2 rings (SSSR count). The van der Waals surface area contributed by atoms with Crippen molar-refractivity contribution in [1.82, 2.24) is 9.97 Å². The molecule has 0 fully saturated rings. The second-order valence-corrected chi connectivity index (χ2v) is 3.98. The Balaban J connectivity index is 2.19. The van der Waals surface area contributed by atoms with Crippen LogP contribution in [0.15, 0.2) is 0 Å². The number of imidazole rings is 1. The zero-order valence-electron chi connectivity index (χ0n) is 8.56. The lowest BCUT2D eigenvalue weighted by Crippen LogP contribution is -2.12. The summed E-state index contributed by atoms with van der Waals surface area (Å²) in [7, 11) is 0. The first kappa shape index (κ1) is 8.79. The van der Waals surface area contributed by atoms with Crippen molar-refractivity contribution in [3.8, 4) is 0 Å². The first-order valence-electron chi connectivity index (χ1n) is 5.40. The fraction of sp³-hybridized carbons (Fsp3) is 0.727. The maximum Gasteiger partial charge on any atom is 0.106 e. The molecule has 1 aromatic rings. The standard InChI is InChI=1S/C11H18N2/c1-3-8-5-6-9-10(7-8)13-11(4-2)12-9/h8H,3-7H2,1-2H3,(H,12,13). The third kappa shape index (κ3) is 1.62. The molecule has 0 bridgehead atoms. The lowest BCUT2D eigenvalue weighted by atomic mass is 9.88. The summed E-state index contributed by atoms with van der Waals surface area (Å²) in [6, 6.07) is 0. The summed E-state index contributed by atoms with van der Waals surface area (Å²) < 4.78 is 0. The number of hydrogen-bond acceptors (Lipinski definition) is 1. The highest BCUT2D eigenvalue weighted by atomic mass is 14.9. The quantitative estimate of drug-likeness (QED) is 0.740. The van der Waals surface area contributed by atoms with Gasteiger partial charge >= 0.3 is 0 Å². The van der Waals surface area contributed by atoms with Crippen molar-refractivity contribution in [2.24, 2.45) is 5.92 Å². The third-order valence-corrected chi connectivity index (χ3v) is 3.11. The zero-order valence-corrected chi connectivity index (χ0v) is 8.56. The number of aromatic nitrogens is 2. The van der Waals surface area contributed by atoms with Gasteiger partial charge < -0.3 is 4.98 Å². The topological polar surface area (TPSA) is 28.7 Å². The number of aryl methyl sites for hydroxylation is 2. The van der Waals surface area contributed by atoms with E-state index in [1.54, 1.807) is 0 Å². The molecule has 72 valence electrons. The maximum absolute atomic E-state index is 4.58. The Labute approximate surface area is 79.8 Å². The predicted octanol–water partition coefficient (Wildman–Crippen LogP) is 2.49. The van der Waals surface area contributed by atoms with Crippen LogP contribution in [0.1, 0.15) is 43.9 Å². The van der Waals surface area contributed by atoms with Gasteiger partial charge in [-0.2, -0.15) is 0 Å². The Hall–Kier alpha value is -0.790. The summed E-state index contributed by atoms with van der Waals surface area (Å²) in [5.41, 5.74) is 2.75. The van der Waals surface area contributed by atoms with E-state index in [9.17, 15) is 0 Å². The van der Waals surface area contributed by atoms with Gasteiger partial charge in [0.05, 0.1) is 5.69 Å². The van der Waals surface area contributed by atoms with Gasteiger partial charge in [-0.05, 0) is 25.2 Å². The molecule has 2 nitrogen and oxygen atoms in total. The molecule has 0 aliphatic heterocycles. The normalized spacial score (nSPS) is 21.5. The van der Waals surface area contributed by atoms with E-state index in [-0.39, 0.29) is 0 Å². The van der Waals surface area contributed by atoms with Gasteiger partial charge in [-0.1, -0.05) is 20.3 Å². The molecule has 0 saturated carbocycles. The van der Waals surface area contributed by atoms with Crippen molar-refractivity contribution in [2.45, 2.75) is 46.0 Å². The lowest BCUT2D eigenvalue weighted by molar-refractivity contribution is 0.438. The summed E-state index contributed by atoms with van der Waals surface area (Å²) in [4.78, 5) is 8.02. The molecule has 1 unspecified atom stereocenters. The van der Waals surface area contributed by atoms with Crippen molar-refractivity contribution in [1.29, 1.82) is 0 Å². The largest absolute Gasteiger partial charge is 0.346 e. The average Bonchev–Trinajstić information content (AvgIpc) is 2.58. The Bertz CT molecular complexity index is 288. The Morgan fingerprint density at radius 1 is 1.46 bits per heavy atom. The molecule has 1 aliphatic rings. The van der Waals surface area contributed by atoms with Gasteiger partial charge in [0.25, 0.3) is 0 Å². The number of rotatable bonds is 2. The monoisotopic (exact) mass is 178 g/mol. The summed E-state index contributed by atoms with van der Waals surface area (Å²) in [6.07, 6.45) is 6.07. The Kier molecular flexibility index (Phi) is 2.38. The minimum absolute atomic E-state index is 0.887. The second kappa shape index (κ2) is 3.52. The highest BCUT2D eigenvalue weighted by molar-refractivity contribution is 5.18. The van der Waals surface area contributed by atoms with Crippen molar-refractivity contribution in [3.05, 3.63) is 17.2 Å². The molecule has 13 heavy (non-hydrogen) atoms. The van der Waals surface area contributed by atoms with Gasteiger partial charge in [0.1, 0.15) is 5.82 Å². The van der Waals surface area contributed by atoms with Crippen LogP contribution in [0.5, 0.6) is 0 Å². The summed E-state index contributed by atoms with van der Waals surface area (Å²) in [5, 5.41) is 0. The Morgan fingerprint density at radius 3 is 3.00 bits per heavy atom. The molecule has 1 aliphatic carbocycles. The van der Waals surface area contributed by atoms with E-state index in [1.807, 2.05) is 0 Å². The molecule has 0 saturated heterocycles. The fourth-order valence-electron chi connectivity index (χ4n) is 2.13. The highest BCUT2D eigenvalue weighted by Gasteiger charge is 2.20. The van der Waals surface area contributed by atoms with Crippen LogP contribution in [-0.2, 0) is 19.3 Å². The molecule has 1 N–H and O–H groups in total. The van der Waals surface area contributed by atoms with Gasteiger partial charge in [-0.25, -0.2) is 4.98 Å². The van der Waals surface area contributed by atoms with Crippen LogP contribution in [0.2, 0.25) is 0 Å². The second-order valence-electron chi connectivity index (χ2n) is 3.98. The molecule has 0 amide bonds. The Morgan fingerprint density at radius 2 is 2.31 bits per heavy atom. The van der Waals surface area contributed by atoms with E-state index < -0.39 is 0 Å². The maximum atomic E-state index is 4.58.